The predicted octanol–water partition coefficient (Wildman–Crippen LogP) is 3.09. The SMILES string of the molecule is C=CCN1C(=O)/C(=C/c2cccn(-c3ccc(N(C)C)cc3)c2=S)C(=O)NC1=S. The number of hydrogen-bond donors (Lipinski definition) is 1. The number of aromatic nitrogens is 1. The lowest BCUT2D eigenvalue weighted by molar-refractivity contribution is -0.128. The van der Waals surface area contributed by atoms with Crippen LogP contribution in [0.4, 0.5) is 5.69 Å². The number of carbonyl (C=O) groups is 2. The minimum atomic E-state index is -0.541. The molecule has 0 saturated carbocycles. The zero-order chi connectivity index (χ0) is 21.1. The second-order valence-electron chi connectivity index (χ2n) is 6.57. The number of pyridine rings is 1. The number of rotatable bonds is 5. The van der Waals surface area contributed by atoms with Crippen molar-refractivity contribution < 1.29 is 9.59 Å². The van der Waals surface area contributed by atoms with Gasteiger partial charge in [0.25, 0.3) is 11.8 Å². The Bertz CT molecular complexity index is 1080. The molecule has 1 aromatic heterocycles. The molecule has 0 aliphatic carbocycles. The van der Waals surface area contributed by atoms with Gasteiger partial charge in [-0.25, -0.2) is 0 Å². The lowest BCUT2D eigenvalue weighted by atomic mass is 10.1. The Kier molecular flexibility index (Phi) is 6.05. The molecule has 6 nitrogen and oxygen atoms in total. The van der Waals surface area contributed by atoms with E-state index in [2.05, 4.69) is 11.9 Å². The molecule has 2 aromatic rings. The molecular weight excluding hydrogens is 404 g/mol. The van der Waals surface area contributed by atoms with E-state index >= 15 is 0 Å². The van der Waals surface area contributed by atoms with Crippen molar-refractivity contribution in [2.45, 2.75) is 0 Å². The van der Waals surface area contributed by atoms with E-state index in [4.69, 9.17) is 24.4 Å². The van der Waals surface area contributed by atoms with Crippen LogP contribution in [-0.2, 0) is 9.59 Å². The number of nitrogens with one attached hydrogen (secondary N) is 1. The third-order valence-corrected chi connectivity index (χ3v) is 5.17. The first-order valence-corrected chi connectivity index (χ1v) is 9.64. The Hall–Kier alpha value is -3.10. The molecule has 0 unspecified atom stereocenters. The normalized spacial score (nSPS) is 15.4. The summed E-state index contributed by atoms with van der Waals surface area (Å²) in [6.45, 7) is 3.83. The Labute approximate surface area is 179 Å². The van der Waals surface area contributed by atoms with Gasteiger partial charge < -0.3 is 9.47 Å². The van der Waals surface area contributed by atoms with E-state index in [1.807, 2.05) is 60.1 Å². The maximum absolute atomic E-state index is 12.7. The van der Waals surface area contributed by atoms with Crippen molar-refractivity contribution in [3.8, 4) is 5.69 Å². The molecule has 148 valence electrons. The van der Waals surface area contributed by atoms with Crippen molar-refractivity contribution in [2.75, 3.05) is 25.5 Å². The third-order valence-electron chi connectivity index (χ3n) is 4.42. The molecule has 0 spiro atoms. The van der Waals surface area contributed by atoms with Crippen molar-refractivity contribution in [3.05, 3.63) is 71.0 Å². The first-order valence-electron chi connectivity index (χ1n) is 8.82. The fourth-order valence-electron chi connectivity index (χ4n) is 2.88. The summed E-state index contributed by atoms with van der Waals surface area (Å²) in [5.74, 6) is -1.01. The quantitative estimate of drug-likeness (QED) is 0.346. The van der Waals surface area contributed by atoms with Crippen LogP contribution in [0.15, 0.2) is 60.8 Å². The number of hydrogen-bond acceptors (Lipinski definition) is 5. The summed E-state index contributed by atoms with van der Waals surface area (Å²) in [7, 11) is 3.95. The first kappa shape index (κ1) is 20.6. The maximum atomic E-state index is 12.7. The maximum Gasteiger partial charge on any atom is 0.265 e. The zero-order valence-electron chi connectivity index (χ0n) is 16.1. The molecule has 0 atom stereocenters. The molecule has 2 amide bonds. The highest BCUT2D eigenvalue weighted by Gasteiger charge is 2.32. The van der Waals surface area contributed by atoms with Gasteiger partial charge in [-0.3, -0.25) is 19.8 Å². The number of amides is 2. The van der Waals surface area contributed by atoms with Gasteiger partial charge in [-0.05, 0) is 48.6 Å². The molecule has 29 heavy (non-hydrogen) atoms. The summed E-state index contributed by atoms with van der Waals surface area (Å²) < 4.78 is 2.32. The Balaban J connectivity index is 2.02. The minimum Gasteiger partial charge on any atom is -0.378 e. The van der Waals surface area contributed by atoms with E-state index in [9.17, 15) is 9.59 Å². The van der Waals surface area contributed by atoms with Crippen LogP contribution in [0.1, 0.15) is 5.56 Å². The largest absolute Gasteiger partial charge is 0.378 e. The van der Waals surface area contributed by atoms with Gasteiger partial charge >= 0.3 is 0 Å². The Morgan fingerprint density at radius 2 is 1.83 bits per heavy atom. The molecule has 1 aromatic carbocycles. The van der Waals surface area contributed by atoms with Gasteiger partial charge in [0.15, 0.2) is 5.11 Å². The molecule has 1 aliphatic rings. The molecule has 1 saturated heterocycles. The number of benzene rings is 1. The van der Waals surface area contributed by atoms with Crippen LogP contribution in [0.3, 0.4) is 0 Å². The molecule has 0 radical (unpaired) electrons. The number of nitrogens with zero attached hydrogens (tertiary/aromatic N) is 3. The lowest BCUT2D eigenvalue weighted by Gasteiger charge is -2.27. The van der Waals surface area contributed by atoms with Crippen molar-refractivity contribution in [1.82, 2.24) is 14.8 Å². The van der Waals surface area contributed by atoms with E-state index < -0.39 is 11.8 Å². The van der Waals surface area contributed by atoms with Crippen LogP contribution >= 0.6 is 24.4 Å². The zero-order valence-corrected chi connectivity index (χ0v) is 17.7. The van der Waals surface area contributed by atoms with Crippen LogP contribution in [0.25, 0.3) is 11.8 Å². The van der Waals surface area contributed by atoms with E-state index in [0.717, 1.165) is 11.4 Å². The third kappa shape index (κ3) is 4.18. The average molecular weight is 425 g/mol. The van der Waals surface area contributed by atoms with E-state index in [0.29, 0.717) is 10.2 Å². The van der Waals surface area contributed by atoms with Gasteiger partial charge in [0, 0.05) is 43.8 Å². The molecule has 0 bridgehead atoms. The van der Waals surface area contributed by atoms with Crippen molar-refractivity contribution in [1.29, 1.82) is 0 Å². The highest BCUT2D eigenvalue weighted by molar-refractivity contribution is 7.80. The number of thiocarbonyl (C=S) groups is 1. The summed E-state index contributed by atoms with van der Waals surface area (Å²) in [5, 5.41) is 2.60. The Morgan fingerprint density at radius 3 is 2.45 bits per heavy atom. The van der Waals surface area contributed by atoms with Gasteiger partial charge in [-0.1, -0.05) is 24.4 Å². The second-order valence-corrected chi connectivity index (χ2v) is 7.34. The molecular formula is C21H20N4O2S2. The summed E-state index contributed by atoms with van der Waals surface area (Å²) in [5.41, 5.74) is 2.52. The van der Waals surface area contributed by atoms with Gasteiger partial charge in [-0.15, -0.1) is 6.58 Å². The average Bonchev–Trinajstić information content (AvgIpc) is 2.69. The molecule has 2 heterocycles. The first-order chi connectivity index (χ1) is 13.8. The summed E-state index contributed by atoms with van der Waals surface area (Å²) in [6.07, 6.45) is 4.89. The highest BCUT2D eigenvalue weighted by atomic mass is 32.1. The van der Waals surface area contributed by atoms with E-state index in [1.165, 1.54) is 11.0 Å². The van der Waals surface area contributed by atoms with E-state index in [-0.39, 0.29) is 17.2 Å². The van der Waals surface area contributed by atoms with Gasteiger partial charge in [0.05, 0.1) is 0 Å². The lowest BCUT2D eigenvalue weighted by Crippen LogP contribution is -2.53. The summed E-state index contributed by atoms with van der Waals surface area (Å²) in [4.78, 5) is 28.4. The molecule has 8 heteroatoms. The molecule has 1 aliphatic heterocycles. The summed E-state index contributed by atoms with van der Waals surface area (Å²) in [6, 6.07) is 11.5. The molecule has 1 N–H and O–H groups in total. The topological polar surface area (TPSA) is 57.6 Å². The fourth-order valence-corrected chi connectivity index (χ4v) is 3.42. The van der Waals surface area contributed by atoms with Crippen LogP contribution in [0.5, 0.6) is 0 Å². The second kappa shape index (κ2) is 8.50. The van der Waals surface area contributed by atoms with Crippen molar-refractivity contribution in [3.63, 3.8) is 0 Å². The molecule has 3 rings (SSSR count). The number of anilines is 1. The van der Waals surface area contributed by atoms with Crippen LogP contribution < -0.4 is 10.2 Å². The van der Waals surface area contributed by atoms with Crippen LogP contribution in [0, 0.1) is 4.64 Å². The van der Waals surface area contributed by atoms with Gasteiger partial charge in [0.2, 0.25) is 0 Å². The van der Waals surface area contributed by atoms with E-state index in [1.54, 1.807) is 12.1 Å². The van der Waals surface area contributed by atoms with Crippen molar-refractivity contribution >= 4 is 53.1 Å². The van der Waals surface area contributed by atoms with Crippen LogP contribution in [-0.4, -0.2) is 47.0 Å². The minimum absolute atomic E-state index is 0.0211. The highest BCUT2D eigenvalue weighted by Crippen LogP contribution is 2.20. The van der Waals surface area contributed by atoms with Crippen molar-refractivity contribution in [2.24, 2.45) is 0 Å². The predicted molar refractivity (Wildman–Crippen MR) is 122 cm³/mol. The fraction of sp³-hybridized carbons (Fsp3) is 0.143. The van der Waals surface area contributed by atoms with Crippen LogP contribution in [0.2, 0.25) is 0 Å². The smallest absolute Gasteiger partial charge is 0.265 e. The Morgan fingerprint density at radius 1 is 1.14 bits per heavy atom. The number of carbonyl (C=O) groups excluding carboxylic acids is 2. The van der Waals surface area contributed by atoms with Gasteiger partial charge in [-0.2, -0.15) is 0 Å². The monoisotopic (exact) mass is 424 g/mol. The standard InChI is InChI=1S/C21H20N4O2S2/c1-4-11-25-19(27)17(18(26)22-21(25)29)13-14-6-5-12-24(20(14)28)16-9-7-15(8-10-16)23(2)3/h4-10,12-13H,1,11H2,2-3H3,(H,22,26,29)/b17-13+. The molecule has 1 fully saturated rings. The van der Waals surface area contributed by atoms with Gasteiger partial charge in [0.1, 0.15) is 10.2 Å². The summed E-state index contributed by atoms with van der Waals surface area (Å²) >= 11 is 10.7.